The minimum absolute atomic E-state index is 0.00161. The number of nitrogens with one attached hydrogen (secondary N) is 2. The number of fused-ring (bicyclic) bond motifs is 1. The lowest BCUT2D eigenvalue weighted by atomic mass is 10.1. The zero-order valence-corrected chi connectivity index (χ0v) is 10.8. The largest absolute Gasteiger partial charge is 0.381 e. The van der Waals surface area contributed by atoms with Gasteiger partial charge in [-0.1, -0.05) is 18.2 Å². The summed E-state index contributed by atoms with van der Waals surface area (Å²) in [7, 11) is 0. The first-order valence-electron chi connectivity index (χ1n) is 6.75. The molecule has 1 aliphatic heterocycles. The van der Waals surface area contributed by atoms with Gasteiger partial charge in [0.25, 0.3) is 5.56 Å². The lowest BCUT2D eigenvalue weighted by Gasteiger charge is -2.23. The molecule has 4 heteroatoms. The van der Waals surface area contributed by atoms with Crippen LogP contribution in [0.3, 0.4) is 0 Å². The summed E-state index contributed by atoms with van der Waals surface area (Å²) >= 11 is 0. The van der Waals surface area contributed by atoms with Crippen LogP contribution in [0.5, 0.6) is 0 Å². The predicted molar refractivity (Wildman–Crippen MR) is 75.2 cm³/mol. The number of rotatable bonds is 3. The van der Waals surface area contributed by atoms with Gasteiger partial charge in [-0.25, -0.2) is 0 Å². The molecule has 0 unspecified atom stereocenters. The Balaban J connectivity index is 1.76. The van der Waals surface area contributed by atoms with Crippen molar-refractivity contribution in [1.82, 2.24) is 10.3 Å². The maximum atomic E-state index is 12.0. The van der Waals surface area contributed by atoms with E-state index < -0.39 is 0 Å². The number of pyridine rings is 1. The number of H-pyrrole nitrogens is 1. The van der Waals surface area contributed by atoms with E-state index in [0.29, 0.717) is 12.6 Å². The van der Waals surface area contributed by atoms with E-state index in [1.165, 1.54) is 0 Å². The van der Waals surface area contributed by atoms with E-state index >= 15 is 0 Å². The first kappa shape index (κ1) is 12.4. The molecule has 0 amide bonds. The molecule has 2 N–H and O–H groups in total. The van der Waals surface area contributed by atoms with Crippen molar-refractivity contribution in [2.24, 2.45) is 0 Å². The number of para-hydroxylation sites is 1. The number of aromatic amines is 1. The Kier molecular flexibility index (Phi) is 3.62. The van der Waals surface area contributed by atoms with Crippen molar-refractivity contribution in [3.8, 4) is 0 Å². The van der Waals surface area contributed by atoms with Gasteiger partial charge in [-0.3, -0.25) is 4.79 Å². The van der Waals surface area contributed by atoms with E-state index in [4.69, 9.17) is 4.74 Å². The number of aromatic nitrogens is 1. The molecule has 2 aromatic rings. The van der Waals surface area contributed by atoms with Gasteiger partial charge in [0.1, 0.15) is 0 Å². The van der Waals surface area contributed by atoms with E-state index in [1.807, 2.05) is 30.3 Å². The molecule has 3 rings (SSSR count). The Labute approximate surface area is 111 Å². The smallest absolute Gasteiger partial charge is 0.252 e. The molecule has 100 valence electrons. The van der Waals surface area contributed by atoms with E-state index in [2.05, 4.69) is 10.3 Å². The van der Waals surface area contributed by atoms with E-state index in [-0.39, 0.29) is 5.56 Å². The summed E-state index contributed by atoms with van der Waals surface area (Å²) < 4.78 is 5.33. The van der Waals surface area contributed by atoms with E-state index in [0.717, 1.165) is 42.5 Å². The molecule has 0 saturated carbocycles. The van der Waals surface area contributed by atoms with Crippen LogP contribution in [0.4, 0.5) is 0 Å². The molecule has 1 fully saturated rings. The highest BCUT2D eigenvalue weighted by Crippen LogP contribution is 2.11. The quantitative estimate of drug-likeness (QED) is 0.882. The third kappa shape index (κ3) is 2.85. The van der Waals surface area contributed by atoms with Gasteiger partial charge in [0.15, 0.2) is 0 Å². The van der Waals surface area contributed by atoms with Gasteiger partial charge in [0, 0.05) is 36.9 Å². The molecule has 1 aromatic carbocycles. The normalized spacial score (nSPS) is 16.8. The van der Waals surface area contributed by atoms with Crippen LogP contribution in [0.2, 0.25) is 0 Å². The van der Waals surface area contributed by atoms with Crippen molar-refractivity contribution in [2.45, 2.75) is 25.4 Å². The molecular weight excluding hydrogens is 240 g/mol. The number of benzene rings is 1. The second-order valence-electron chi connectivity index (χ2n) is 4.98. The molecule has 0 spiro atoms. The van der Waals surface area contributed by atoms with Crippen LogP contribution in [0.25, 0.3) is 10.9 Å². The summed E-state index contributed by atoms with van der Waals surface area (Å²) in [4.78, 5) is 14.9. The number of hydrogen-bond acceptors (Lipinski definition) is 3. The van der Waals surface area contributed by atoms with Gasteiger partial charge < -0.3 is 15.0 Å². The molecule has 1 aromatic heterocycles. The highest BCUT2D eigenvalue weighted by molar-refractivity contribution is 5.78. The molecule has 0 aliphatic carbocycles. The number of ether oxygens (including phenoxy) is 1. The predicted octanol–water partition coefficient (Wildman–Crippen LogP) is 1.80. The third-order valence-electron chi connectivity index (χ3n) is 3.63. The van der Waals surface area contributed by atoms with Crippen LogP contribution < -0.4 is 10.9 Å². The summed E-state index contributed by atoms with van der Waals surface area (Å²) in [6.07, 6.45) is 2.04. The summed E-state index contributed by atoms with van der Waals surface area (Å²) in [6, 6.07) is 10.3. The first-order chi connectivity index (χ1) is 9.33. The number of hydrogen-bond donors (Lipinski definition) is 2. The maximum absolute atomic E-state index is 12.0. The second-order valence-corrected chi connectivity index (χ2v) is 4.98. The van der Waals surface area contributed by atoms with Crippen molar-refractivity contribution < 1.29 is 4.74 Å². The summed E-state index contributed by atoms with van der Waals surface area (Å²) in [5.74, 6) is 0. The molecule has 1 saturated heterocycles. The topological polar surface area (TPSA) is 54.1 Å². The van der Waals surface area contributed by atoms with Crippen LogP contribution in [0.1, 0.15) is 18.4 Å². The highest BCUT2D eigenvalue weighted by Gasteiger charge is 2.13. The zero-order chi connectivity index (χ0) is 13.1. The molecule has 1 aliphatic rings. The Morgan fingerprint density at radius 1 is 1.26 bits per heavy atom. The minimum atomic E-state index is -0.00161. The van der Waals surface area contributed by atoms with Gasteiger partial charge in [0.05, 0.1) is 0 Å². The molecule has 19 heavy (non-hydrogen) atoms. The van der Waals surface area contributed by atoms with Crippen LogP contribution >= 0.6 is 0 Å². The fourth-order valence-corrected chi connectivity index (χ4v) is 2.48. The molecule has 0 atom stereocenters. The van der Waals surface area contributed by atoms with Crippen LogP contribution in [0.15, 0.2) is 35.1 Å². The minimum Gasteiger partial charge on any atom is -0.381 e. The van der Waals surface area contributed by atoms with Crippen molar-refractivity contribution in [3.05, 3.63) is 46.2 Å². The van der Waals surface area contributed by atoms with Crippen LogP contribution in [0, 0.1) is 0 Å². The van der Waals surface area contributed by atoms with Gasteiger partial charge in [-0.15, -0.1) is 0 Å². The van der Waals surface area contributed by atoms with Gasteiger partial charge in [-0.05, 0) is 30.4 Å². The summed E-state index contributed by atoms with van der Waals surface area (Å²) in [6.45, 7) is 2.24. The standard InChI is InChI=1S/C15H18N2O2/c18-15-12(10-16-13-5-7-19-8-6-13)9-11-3-1-2-4-14(11)17-15/h1-4,9,13,16H,5-8,10H2,(H,17,18). The zero-order valence-electron chi connectivity index (χ0n) is 10.8. The van der Waals surface area contributed by atoms with Crippen molar-refractivity contribution in [2.75, 3.05) is 13.2 Å². The van der Waals surface area contributed by atoms with Gasteiger partial charge >= 0.3 is 0 Å². The van der Waals surface area contributed by atoms with Crippen molar-refractivity contribution in [3.63, 3.8) is 0 Å². The molecular formula is C15H18N2O2. The second kappa shape index (κ2) is 5.55. The molecule has 0 bridgehead atoms. The molecule has 4 nitrogen and oxygen atoms in total. The Morgan fingerprint density at radius 2 is 2.05 bits per heavy atom. The maximum Gasteiger partial charge on any atom is 0.252 e. The molecule has 2 heterocycles. The van der Waals surface area contributed by atoms with Gasteiger partial charge in [0.2, 0.25) is 0 Å². The lowest BCUT2D eigenvalue weighted by molar-refractivity contribution is 0.0776. The van der Waals surface area contributed by atoms with E-state index in [9.17, 15) is 4.79 Å². The highest BCUT2D eigenvalue weighted by atomic mass is 16.5. The third-order valence-corrected chi connectivity index (χ3v) is 3.63. The Morgan fingerprint density at radius 3 is 2.89 bits per heavy atom. The van der Waals surface area contributed by atoms with Crippen molar-refractivity contribution in [1.29, 1.82) is 0 Å². The van der Waals surface area contributed by atoms with Crippen molar-refractivity contribution >= 4 is 10.9 Å². The van der Waals surface area contributed by atoms with Gasteiger partial charge in [-0.2, -0.15) is 0 Å². The average Bonchev–Trinajstić information content (AvgIpc) is 2.46. The SMILES string of the molecule is O=c1[nH]c2ccccc2cc1CNC1CCOCC1. The lowest BCUT2D eigenvalue weighted by Crippen LogP contribution is -2.35. The fourth-order valence-electron chi connectivity index (χ4n) is 2.48. The van der Waals surface area contributed by atoms with Crippen LogP contribution in [-0.2, 0) is 11.3 Å². The summed E-state index contributed by atoms with van der Waals surface area (Å²) in [5, 5.41) is 4.52. The first-order valence-corrected chi connectivity index (χ1v) is 6.75. The Hall–Kier alpha value is -1.65. The van der Waals surface area contributed by atoms with Crippen LogP contribution in [-0.4, -0.2) is 24.2 Å². The monoisotopic (exact) mass is 258 g/mol. The Bertz CT molecular complexity index is 615. The van der Waals surface area contributed by atoms with E-state index in [1.54, 1.807) is 0 Å². The molecule has 0 radical (unpaired) electrons. The fraction of sp³-hybridized carbons (Fsp3) is 0.400. The summed E-state index contributed by atoms with van der Waals surface area (Å²) in [5.41, 5.74) is 1.69. The average molecular weight is 258 g/mol.